The van der Waals surface area contributed by atoms with Gasteiger partial charge in [-0.2, -0.15) is 0 Å². The molecule has 1 aliphatic heterocycles. The normalized spacial score (nSPS) is 16.5. The minimum atomic E-state index is 0.454. The minimum absolute atomic E-state index is 0.454. The van der Waals surface area contributed by atoms with Gasteiger partial charge in [-0.3, -0.25) is 0 Å². The molecule has 0 atom stereocenters. The van der Waals surface area contributed by atoms with Crippen molar-refractivity contribution in [1.29, 1.82) is 0 Å². The van der Waals surface area contributed by atoms with Crippen LogP contribution in [0.3, 0.4) is 0 Å². The van der Waals surface area contributed by atoms with Crippen LogP contribution in [-0.2, 0) is 6.54 Å². The summed E-state index contributed by atoms with van der Waals surface area (Å²) in [6.07, 6.45) is 5.04. The molecule has 0 bridgehead atoms. The molecule has 3 nitrogen and oxygen atoms in total. The first-order chi connectivity index (χ1) is 8.77. The van der Waals surface area contributed by atoms with E-state index in [-0.39, 0.29) is 0 Å². The predicted molar refractivity (Wildman–Crippen MR) is 76.6 cm³/mol. The minimum Gasteiger partial charge on any atom is -0.496 e. The van der Waals surface area contributed by atoms with E-state index in [0.29, 0.717) is 6.54 Å². The first-order valence-electron chi connectivity index (χ1n) is 6.58. The van der Waals surface area contributed by atoms with Crippen molar-refractivity contribution >= 4 is 17.3 Å². The number of halogens is 1. The summed E-state index contributed by atoms with van der Waals surface area (Å²) >= 11 is 6.37. The van der Waals surface area contributed by atoms with Crippen molar-refractivity contribution < 1.29 is 4.74 Å². The van der Waals surface area contributed by atoms with Crippen LogP contribution in [0.15, 0.2) is 12.1 Å². The van der Waals surface area contributed by atoms with Crippen molar-refractivity contribution in [2.75, 3.05) is 25.1 Å². The zero-order valence-electron chi connectivity index (χ0n) is 10.9. The summed E-state index contributed by atoms with van der Waals surface area (Å²) in [4.78, 5) is 2.36. The number of nitrogens with zero attached hydrogens (tertiary/aromatic N) is 1. The Morgan fingerprint density at radius 3 is 2.44 bits per heavy atom. The quantitative estimate of drug-likeness (QED) is 0.915. The molecule has 0 amide bonds. The van der Waals surface area contributed by atoms with Gasteiger partial charge in [-0.05, 0) is 25.0 Å². The molecule has 2 rings (SSSR count). The molecule has 1 aromatic rings. The molecule has 18 heavy (non-hydrogen) atoms. The van der Waals surface area contributed by atoms with Gasteiger partial charge in [0, 0.05) is 25.2 Å². The van der Waals surface area contributed by atoms with Crippen LogP contribution < -0.4 is 15.4 Å². The van der Waals surface area contributed by atoms with E-state index in [1.807, 2.05) is 12.1 Å². The third kappa shape index (κ3) is 2.73. The van der Waals surface area contributed by atoms with Gasteiger partial charge >= 0.3 is 0 Å². The number of rotatable bonds is 3. The van der Waals surface area contributed by atoms with Crippen molar-refractivity contribution in [3.8, 4) is 5.75 Å². The van der Waals surface area contributed by atoms with Crippen LogP contribution in [0.5, 0.6) is 5.75 Å². The van der Waals surface area contributed by atoms with Crippen molar-refractivity contribution in [1.82, 2.24) is 0 Å². The fraction of sp³-hybridized carbons (Fsp3) is 0.571. The van der Waals surface area contributed by atoms with Gasteiger partial charge in [0.15, 0.2) is 0 Å². The summed E-state index contributed by atoms with van der Waals surface area (Å²) < 4.78 is 5.39. The number of hydrogen-bond acceptors (Lipinski definition) is 3. The average molecular weight is 269 g/mol. The van der Waals surface area contributed by atoms with Gasteiger partial charge in [-0.1, -0.05) is 24.4 Å². The summed E-state index contributed by atoms with van der Waals surface area (Å²) in [7, 11) is 1.68. The Hall–Kier alpha value is -0.930. The summed E-state index contributed by atoms with van der Waals surface area (Å²) in [5.74, 6) is 0.834. The van der Waals surface area contributed by atoms with Gasteiger partial charge < -0.3 is 15.4 Å². The van der Waals surface area contributed by atoms with Gasteiger partial charge in [0.1, 0.15) is 5.75 Å². The maximum absolute atomic E-state index is 6.37. The van der Waals surface area contributed by atoms with Crippen LogP contribution in [0.2, 0.25) is 5.02 Å². The topological polar surface area (TPSA) is 38.5 Å². The molecular formula is C14H21ClN2O. The lowest BCUT2D eigenvalue weighted by Gasteiger charge is -2.27. The Bertz CT molecular complexity index is 401. The highest BCUT2D eigenvalue weighted by molar-refractivity contribution is 6.33. The summed E-state index contributed by atoms with van der Waals surface area (Å²) in [5, 5.41) is 0.776. The molecule has 0 aromatic heterocycles. The molecule has 0 radical (unpaired) electrons. The van der Waals surface area contributed by atoms with E-state index in [9.17, 15) is 0 Å². The largest absolute Gasteiger partial charge is 0.496 e. The molecule has 1 aromatic carbocycles. The lowest BCUT2D eigenvalue weighted by molar-refractivity contribution is 0.410. The second-order valence-corrected chi connectivity index (χ2v) is 5.09. The van der Waals surface area contributed by atoms with E-state index < -0.39 is 0 Å². The number of benzene rings is 1. The number of hydrogen-bond donors (Lipinski definition) is 1. The zero-order chi connectivity index (χ0) is 13.0. The number of ether oxygens (including phenoxy) is 1. The highest BCUT2D eigenvalue weighted by Gasteiger charge is 2.19. The first-order valence-corrected chi connectivity index (χ1v) is 6.96. The zero-order valence-corrected chi connectivity index (χ0v) is 11.7. The van der Waals surface area contributed by atoms with Gasteiger partial charge in [-0.15, -0.1) is 0 Å². The van der Waals surface area contributed by atoms with Crippen molar-refractivity contribution in [2.45, 2.75) is 32.2 Å². The SMILES string of the molecule is COc1ccc(Cl)c(N2CCCCCC2)c1CN. The molecule has 1 fully saturated rings. The highest BCUT2D eigenvalue weighted by atomic mass is 35.5. The van der Waals surface area contributed by atoms with E-state index in [1.165, 1.54) is 25.7 Å². The van der Waals surface area contributed by atoms with Crippen molar-refractivity contribution in [3.05, 3.63) is 22.7 Å². The van der Waals surface area contributed by atoms with Gasteiger partial charge in [0.25, 0.3) is 0 Å². The smallest absolute Gasteiger partial charge is 0.125 e. The standard InChI is InChI=1S/C14H21ClN2O/c1-18-13-7-6-12(15)14(11(13)10-16)17-8-4-2-3-5-9-17/h6-7H,2-5,8-10,16H2,1H3. The molecule has 0 aliphatic carbocycles. The van der Waals surface area contributed by atoms with E-state index >= 15 is 0 Å². The Balaban J connectivity index is 2.40. The fourth-order valence-corrected chi connectivity index (χ4v) is 2.91. The Morgan fingerprint density at radius 2 is 1.89 bits per heavy atom. The van der Waals surface area contributed by atoms with Gasteiger partial charge in [-0.25, -0.2) is 0 Å². The van der Waals surface area contributed by atoms with Gasteiger partial charge in [0.2, 0.25) is 0 Å². The third-order valence-electron chi connectivity index (χ3n) is 3.54. The lowest BCUT2D eigenvalue weighted by Crippen LogP contribution is -2.26. The van der Waals surface area contributed by atoms with Crippen molar-refractivity contribution in [2.24, 2.45) is 5.73 Å². The molecule has 0 unspecified atom stereocenters. The molecule has 100 valence electrons. The highest BCUT2D eigenvalue weighted by Crippen LogP contribution is 2.36. The molecule has 1 saturated heterocycles. The summed E-state index contributed by atoms with van der Waals surface area (Å²) in [6.45, 7) is 2.56. The molecule has 0 spiro atoms. The maximum atomic E-state index is 6.37. The Kier molecular flexibility index (Phi) is 4.72. The van der Waals surface area contributed by atoms with Crippen LogP contribution in [0, 0.1) is 0 Å². The molecule has 0 saturated carbocycles. The van der Waals surface area contributed by atoms with Gasteiger partial charge in [0.05, 0.1) is 17.8 Å². The van der Waals surface area contributed by atoms with Crippen LogP contribution in [0.1, 0.15) is 31.2 Å². The molecule has 1 heterocycles. The molecular weight excluding hydrogens is 248 g/mol. The van der Waals surface area contributed by atoms with E-state index in [1.54, 1.807) is 7.11 Å². The second kappa shape index (κ2) is 6.30. The van der Waals surface area contributed by atoms with E-state index in [4.69, 9.17) is 22.1 Å². The van der Waals surface area contributed by atoms with Crippen LogP contribution in [-0.4, -0.2) is 20.2 Å². The third-order valence-corrected chi connectivity index (χ3v) is 3.84. The van der Waals surface area contributed by atoms with Crippen LogP contribution in [0.25, 0.3) is 0 Å². The maximum Gasteiger partial charge on any atom is 0.125 e. The average Bonchev–Trinajstić information content (AvgIpc) is 2.67. The van der Waals surface area contributed by atoms with Crippen LogP contribution >= 0.6 is 11.6 Å². The summed E-state index contributed by atoms with van der Waals surface area (Å²) in [5.41, 5.74) is 7.97. The number of methoxy groups -OCH3 is 1. The van der Waals surface area contributed by atoms with E-state index in [0.717, 1.165) is 35.1 Å². The predicted octanol–water partition coefficient (Wildman–Crippen LogP) is 3.19. The first kappa shape index (κ1) is 13.5. The lowest BCUT2D eigenvalue weighted by atomic mass is 10.1. The monoisotopic (exact) mass is 268 g/mol. The second-order valence-electron chi connectivity index (χ2n) is 4.68. The van der Waals surface area contributed by atoms with Crippen LogP contribution in [0.4, 0.5) is 5.69 Å². The number of nitrogens with two attached hydrogens (primary N) is 1. The molecule has 2 N–H and O–H groups in total. The van der Waals surface area contributed by atoms with E-state index in [2.05, 4.69) is 4.90 Å². The Labute approximate surface area is 114 Å². The fourth-order valence-electron chi connectivity index (χ4n) is 2.61. The van der Waals surface area contributed by atoms with Crippen molar-refractivity contribution in [3.63, 3.8) is 0 Å². The Morgan fingerprint density at radius 1 is 1.22 bits per heavy atom. The number of anilines is 1. The molecule has 1 aliphatic rings. The summed E-state index contributed by atoms with van der Waals surface area (Å²) in [6, 6.07) is 3.80. The molecule has 4 heteroatoms.